The predicted octanol–water partition coefficient (Wildman–Crippen LogP) is 5.73. The Bertz CT molecular complexity index is 1120. The molecule has 33 heavy (non-hydrogen) atoms. The summed E-state index contributed by atoms with van der Waals surface area (Å²) in [5.41, 5.74) is 5.99. The minimum atomic E-state index is -0.367. The lowest BCUT2D eigenvalue weighted by atomic mass is 10.1. The van der Waals surface area contributed by atoms with Crippen molar-refractivity contribution in [2.75, 3.05) is 13.7 Å². The molecule has 3 rings (SSSR count). The number of hydrogen-bond acceptors (Lipinski definition) is 5. The summed E-state index contributed by atoms with van der Waals surface area (Å²) in [7, 11) is 1.54. The molecule has 0 atom stereocenters. The molecule has 0 saturated heterocycles. The summed E-state index contributed by atoms with van der Waals surface area (Å²) in [5.74, 6) is 1.31. The van der Waals surface area contributed by atoms with Gasteiger partial charge in [-0.1, -0.05) is 35.3 Å². The highest BCUT2D eigenvalue weighted by molar-refractivity contribution is 6.35. The molecule has 0 fully saturated rings. The largest absolute Gasteiger partial charge is 0.493 e. The van der Waals surface area contributed by atoms with Crippen molar-refractivity contribution in [3.05, 3.63) is 86.9 Å². The van der Waals surface area contributed by atoms with Crippen LogP contribution >= 0.6 is 23.2 Å². The fourth-order valence-electron chi connectivity index (χ4n) is 3.08. The van der Waals surface area contributed by atoms with Gasteiger partial charge in [0, 0.05) is 15.6 Å². The Balaban J connectivity index is 1.55. The quantitative estimate of drug-likeness (QED) is 0.309. The molecule has 0 heterocycles. The second-order valence-corrected chi connectivity index (χ2v) is 8.12. The fourth-order valence-corrected chi connectivity index (χ4v) is 3.59. The topological polar surface area (TPSA) is 69.2 Å². The zero-order chi connectivity index (χ0) is 23.8. The van der Waals surface area contributed by atoms with Crippen LogP contribution in [0.5, 0.6) is 17.2 Å². The van der Waals surface area contributed by atoms with E-state index in [-0.39, 0.29) is 19.1 Å². The van der Waals surface area contributed by atoms with Crippen molar-refractivity contribution in [1.82, 2.24) is 5.43 Å². The zero-order valence-electron chi connectivity index (χ0n) is 18.5. The third kappa shape index (κ3) is 7.14. The van der Waals surface area contributed by atoms with Crippen molar-refractivity contribution >= 4 is 35.3 Å². The number of hydrazone groups is 1. The van der Waals surface area contributed by atoms with E-state index >= 15 is 0 Å². The molecule has 0 spiro atoms. The molecule has 6 nitrogen and oxygen atoms in total. The first-order valence-electron chi connectivity index (χ1n) is 10.1. The number of aryl methyl sites for hydroxylation is 2. The Morgan fingerprint density at radius 1 is 0.970 bits per heavy atom. The van der Waals surface area contributed by atoms with Crippen LogP contribution in [0.2, 0.25) is 10.0 Å². The first-order valence-corrected chi connectivity index (χ1v) is 10.9. The number of carbonyl (C=O) groups is 1. The smallest absolute Gasteiger partial charge is 0.277 e. The minimum Gasteiger partial charge on any atom is -0.493 e. The van der Waals surface area contributed by atoms with Gasteiger partial charge < -0.3 is 14.2 Å². The highest BCUT2D eigenvalue weighted by Gasteiger charge is 2.10. The van der Waals surface area contributed by atoms with Gasteiger partial charge in [-0.15, -0.1) is 0 Å². The molecule has 0 aromatic heterocycles. The van der Waals surface area contributed by atoms with Crippen LogP contribution in [0.4, 0.5) is 0 Å². The fraction of sp³-hybridized carbons (Fsp3) is 0.200. The van der Waals surface area contributed by atoms with Crippen molar-refractivity contribution in [2.45, 2.75) is 20.5 Å². The number of hydrogen-bond donors (Lipinski definition) is 1. The molecule has 3 aromatic rings. The van der Waals surface area contributed by atoms with E-state index in [0.717, 1.165) is 11.1 Å². The molecule has 172 valence electrons. The summed E-state index contributed by atoms with van der Waals surface area (Å²) in [6.45, 7) is 4.00. The minimum absolute atomic E-state index is 0.138. The lowest BCUT2D eigenvalue weighted by Crippen LogP contribution is -2.24. The van der Waals surface area contributed by atoms with E-state index in [1.54, 1.807) is 36.4 Å². The van der Waals surface area contributed by atoms with E-state index in [9.17, 15) is 4.79 Å². The standard InChI is InChI=1S/C25H24Cl2N2O4/c1-16-9-17(2)11-19(10-16)32-15-25(30)29-28-13-18-7-8-23(24(12-18)31-3)33-14-20-21(26)5-4-6-22(20)27/h4-13H,14-15H2,1-3H3,(H,29,30)/b28-13+. The number of nitrogens with one attached hydrogen (secondary N) is 1. The van der Waals surface area contributed by atoms with Crippen LogP contribution in [0.1, 0.15) is 22.3 Å². The molecular formula is C25H24Cl2N2O4. The molecule has 0 unspecified atom stereocenters. The van der Waals surface area contributed by atoms with Gasteiger partial charge in [0.05, 0.1) is 13.3 Å². The summed E-state index contributed by atoms with van der Waals surface area (Å²) in [4.78, 5) is 12.0. The average molecular weight is 487 g/mol. The van der Waals surface area contributed by atoms with Gasteiger partial charge in [0.2, 0.25) is 0 Å². The van der Waals surface area contributed by atoms with E-state index in [0.29, 0.717) is 38.4 Å². The highest BCUT2D eigenvalue weighted by atomic mass is 35.5. The SMILES string of the molecule is COc1cc(/C=N/NC(=O)COc2cc(C)cc(C)c2)ccc1OCc1c(Cl)cccc1Cl. The molecule has 8 heteroatoms. The molecule has 0 bridgehead atoms. The van der Waals surface area contributed by atoms with Gasteiger partial charge in [-0.05, 0) is 73.0 Å². The lowest BCUT2D eigenvalue weighted by Gasteiger charge is -2.13. The van der Waals surface area contributed by atoms with E-state index in [1.807, 2.05) is 32.0 Å². The van der Waals surface area contributed by atoms with Crippen LogP contribution in [0.25, 0.3) is 0 Å². The highest BCUT2D eigenvalue weighted by Crippen LogP contribution is 2.31. The molecule has 1 N–H and O–H groups in total. The molecule has 0 aliphatic heterocycles. The van der Waals surface area contributed by atoms with E-state index in [4.69, 9.17) is 37.4 Å². The molecule has 1 amide bonds. The summed E-state index contributed by atoms with van der Waals surface area (Å²) in [5, 5.41) is 5.04. The van der Waals surface area contributed by atoms with Crippen LogP contribution in [0.15, 0.2) is 59.7 Å². The van der Waals surface area contributed by atoms with Crippen molar-refractivity contribution in [1.29, 1.82) is 0 Å². The first kappa shape index (κ1) is 24.4. The van der Waals surface area contributed by atoms with Gasteiger partial charge in [0.15, 0.2) is 18.1 Å². The van der Waals surface area contributed by atoms with Gasteiger partial charge >= 0.3 is 0 Å². The Morgan fingerprint density at radius 3 is 2.33 bits per heavy atom. The number of amides is 1. The van der Waals surface area contributed by atoms with Crippen LogP contribution in [-0.4, -0.2) is 25.8 Å². The Labute approximate surface area is 203 Å². The third-order valence-corrected chi connectivity index (χ3v) is 5.30. The molecule has 0 saturated carbocycles. The van der Waals surface area contributed by atoms with Gasteiger partial charge in [-0.2, -0.15) is 5.10 Å². The van der Waals surface area contributed by atoms with E-state index in [2.05, 4.69) is 10.5 Å². The second-order valence-electron chi connectivity index (χ2n) is 7.30. The van der Waals surface area contributed by atoms with E-state index in [1.165, 1.54) is 13.3 Å². The molecular weight excluding hydrogens is 463 g/mol. The van der Waals surface area contributed by atoms with Gasteiger partial charge in [0.1, 0.15) is 12.4 Å². The second kappa shape index (κ2) is 11.6. The van der Waals surface area contributed by atoms with E-state index < -0.39 is 0 Å². The van der Waals surface area contributed by atoms with Gasteiger partial charge in [0.25, 0.3) is 5.91 Å². The zero-order valence-corrected chi connectivity index (χ0v) is 20.0. The van der Waals surface area contributed by atoms with Crippen LogP contribution in [0.3, 0.4) is 0 Å². The van der Waals surface area contributed by atoms with Crippen LogP contribution in [0, 0.1) is 13.8 Å². The van der Waals surface area contributed by atoms with Crippen LogP contribution < -0.4 is 19.6 Å². The molecule has 0 radical (unpaired) electrons. The maximum atomic E-state index is 12.0. The number of ether oxygens (including phenoxy) is 3. The monoisotopic (exact) mass is 486 g/mol. The summed E-state index contributed by atoms with van der Waals surface area (Å²) >= 11 is 12.4. The predicted molar refractivity (Wildman–Crippen MR) is 131 cm³/mol. The Kier molecular flexibility index (Phi) is 8.58. The lowest BCUT2D eigenvalue weighted by molar-refractivity contribution is -0.123. The maximum Gasteiger partial charge on any atom is 0.277 e. The molecule has 0 aliphatic carbocycles. The van der Waals surface area contributed by atoms with Gasteiger partial charge in [-0.25, -0.2) is 5.43 Å². The summed E-state index contributed by atoms with van der Waals surface area (Å²) in [6.07, 6.45) is 1.51. The van der Waals surface area contributed by atoms with Crippen molar-refractivity contribution in [3.63, 3.8) is 0 Å². The summed E-state index contributed by atoms with van der Waals surface area (Å²) < 4.78 is 16.8. The Hall–Kier alpha value is -3.22. The summed E-state index contributed by atoms with van der Waals surface area (Å²) in [6, 6.07) is 16.3. The number of carbonyl (C=O) groups excluding carboxylic acids is 1. The Morgan fingerprint density at radius 2 is 1.67 bits per heavy atom. The number of benzene rings is 3. The molecule has 3 aromatic carbocycles. The van der Waals surface area contributed by atoms with Crippen molar-refractivity contribution < 1.29 is 19.0 Å². The number of methoxy groups -OCH3 is 1. The van der Waals surface area contributed by atoms with Crippen LogP contribution in [-0.2, 0) is 11.4 Å². The first-order chi connectivity index (χ1) is 15.9. The maximum absolute atomic E-state index is 12.0. The number of nitrogens with zero attached hydrogens (tertiary/aromatic N) is 1. The van der Waals surface area contributed by atoms with Crippen molar-refractivity contribution in [3.8, 4) is 17.2 Å². The number of halogens is 2. The number of rotatable bonds is 9. The third-order valence-electron chi connectivity index (χ3n) is 4.59. The molecule has 0 aliphatic rings. The van der Waals surface area contributed by atoms with Gasteiger partial charge in [-0.3, -0.25) is 4.79 Å². The average Bonchev–Trinajstić information content (AvgIpc) is 2.77. The normalized spacial score (nSPS) is 10.8. The van der Waals surface area contributed by atoms with Crippen molar-refractivity contribution in [2.24, 2.45) is 5.10 Å².